The standard InChI is InChI=1S/C34H37F3N4O6/c1-6-44-29-18-24(11-14-28(29)46-21(4)5)33(47-32(43)34(35,36)37,41-25-12-13-26-22(17-25)15-16-39-30(26)38)31(42)40-19-23-9-7-8-10-27(23)45-20(2)3/h7-18,20-21,41H,6,19H2,1-5H3,(H2,38,39)(H,40,42). The lowest BCUT2D eigenvalue weighted by molar-refractivity contribution is -0.213. The smallest absolute Gasteiger partial charge is 0.491 e. The highest BCUT2D eigenvalue weighted by molar-refractivity contribution is 5.95. The Morgan fingerprint density at radius 1 is 0.894 bits per heavy atom. The van der Waals surface area contributed by atoms with Gasteiger partial charge in [0.1, 0.15) is 11.6 Å². The van der Waals surface area contributed by atoms with E-state index < -0.39 is 23.8 Å². The average molecular weight is 655 g/mol. The maximum absolute atomic E-state index is 14.3. The Labute approximate surface area is 270 Å². The summed E-state index contributed by atoms with van der Waals surface area (Å²) in [4.78, 5) is 31.0. The summed E-state index contributed by atoms with van der Waals surface area (Å²) >= 11 is 0. The van der Waals surface area contributed by atoms with Crippen LogP contribution in [0.25, 0.3) is 10.8 Å². The first-order valence-corrected chi connectivity index (χ1v) is 14.9. The monoisotopic (exact) mass is 654 g/mol. The molecule has 4 N–H and O–H groups in total. The second kappa shape index (κ2) is 14.5. The number of hydrogen-bond acceptors (Lipinski definition) is 9. The van der Waals surface area contributed by atoms with Crippen LogP contribution in [-0.2, 0) is 26.6 Å². The summed E-state index contributed by atoms with van der Waals surface area (Å²) < 4.78 is 64.2. The van der Waals surface area contributed by atoms with Crippen molar-refractivity contribution in [2.75, 3.05) is 17.7 Å². The molecule has 1 aromatic heterocycles. The van der Waals surface area contributed by atoms with Crippen LogP contribution in [0.5, 0.6) is 17.2 Å². The SMILES string of the molecule is CCOc1cc(C(Nc2ccc3c(N)nccc3c2)(OC(=O)C(F)(F)F)C(=O)NCc2ccccc2OC(C)C)ccc1OC(C)C. The lowest BCUT2D eigenvalue weighted by Gasteiger charge is -2.35. The number of pyridine rings is 1. The third kappa shape index (κ3) is 8.34. The molecule has 0 aliphatic heterocycles. The van der Waals surface area contributed by atoms with Gasteiger partial charge in [-0.15, -0.1) is 0 Å². The predicted molar refractivity (Wildman–Crippen MR) is 171 cm³/mol. The minimum Gasteiger partial charge on any atom is -0.491 e. The Morgan fingerprint density at radius 3 is 2.28 bits per heavy atom. The normalized spacial score (nSPS) is 12.8. The number of nitrogens with one attached hydrogen (secondary N) is 2. The zero-order chi connectivity index (χ0) is 34.4. The summed E-state index contributed by atoms with van der Waals surface area (Å²) in [5, 5.41) is 6.57. The van der Waals surface area contributed by atoms with E-state index in [1.807, 2.05) is 13.8 Å². The summed E-state index contributed by atoms with van der Waals surface area (Å²) in [6.45, 7) is 8.93. The van der Waals surface area contributed by atoms with Gasteiger partial charge in [0.15, 0.2) is 11.5 Å². The maximum Gasteiger partial charge on any atom is 0.491 e. The summed E-state index contributed by atoms with van der Waals surface area (Å²) in [6, 6.07) is 17.2. The number of para-hydroxylation sites is 1. The van der Waals surface area contributed by atoms with Crippen molar-refractivity contribution in [2.45, 2.75) is 65.3 Å². The Morgan fingerprint density at radius 2 is 1.60 bits per heavy atom. The van der Waals surface area contributed by atoms with Crippen LogP contribution < -0.4 is 30.6 Å². The average Bonchev–Trinajstić information content (AvgIpc) is 3.00. The molecule has 0 saturated carbocycles. The number of aromatic nitrogens is 1. The molecule has 0 saturated heterocycles. The van der Waals surface area contributed by atoms with E-state index in [1.54, 1.807) is 63.2 Å². The Bertz CT molecular complexity index is 1730. The van der Waals surface area contributed by atoms with Gasteiger partial charge < -0.3 is 35.3 Å². The van der Waals surface area contributed by atoms with Crippen molar-refractivity contribution in [3.05, 3.63) is 84.1 Å². The summed E-state index contributed by atoms with van der Waals surface area (Å²) in [7, 11) is 0. The van der Waals surface area contributed by atoms with Crippen LogP contribution in [0.3, 0.4) is 0 Å². The third-order valence-electron chi connectivity index (χ3n) is 6.70. The van der Waals surface area contributed by atoms with Gasteiger partial charge in [0.2, 0.25) is 0 Å². The molecule has 0 spiro atoms. The van der Waals surface area contributed by atoms with Gasteiger partial charge in [-0.1, -0.05) is 18.2 Å². The fourth-order valence-electron chi connectivity index (χ4n) is 4.74. The molecule has 0 fully saturated rings. The van der Waals surface area contributed by atoms with Crippen LogP contribution in [0.4, 0.5) is 24.7 Å². The van der Waals surface area contributed by atoms with E-state index in [1.165, 1.54) is 30.5 Å². The maximum atomic E-state index is 14.3. The van der Waals surface area contributed by atoms with Gasteiger partial charge in [-0.05, 0) is 88.5 Å². The zero-order valence-corrected chi connectivity index (χ0v) is 26.6. The number of ether oxygens (including phenoxy) is 4. The summed E-state index contributed by atoms with van der Waals surface area (Å²) in [5.74, 6) is -2.62. The molecule has 4 aromatic rings. The van der Waals surface area contributed by atoms with Crippen LogP contribution in [0.1, 0.15) is 45.7 Å². The summed E-state index contributed by atoms with van der Waals surface area (Å²) in [5.41, 5.74) is 3.72. The third-order valence-corrected chi connectivity index (χ3v) is 6.70. The number of nitrogens with two attached hydrogens (primary N) is 1. The topological polar surface area (TPSA) is 134 Å². The van der Waals surface area contributed by atoms with E-state index >= 15 is 0 Å². The van der Waals surface area contributed by atoms with Gasteiger partial charge >= 0.3 is 12.1 Å². The molecular formula is C34H37F3N4O6. The van der Waals surface area contributed by atoms with Crippen LogP contribution >= 0.6 is 0 Å². The van der Waals surface area contributed by atoms with E-state index in [0.29, 0.717) is 22.1 Å². The number of halogens is 3. The second-order valence-corrected chi connectivity index (χ2v) is 11.0. The molecule has 10 nitrogen and oxygen atoms in total. The molecule has 1 unspecified atom stereocenters. The number of anilines is 2. The largest absolute Gasteiger partial charge is 0.491 e. The van der Waals surface area contributed by atoms with E-state index in [0.717, 1.165) is 0 Å². The first-order valence-electron chi connectivity index (χ1n) is 14.9. The van der Waals surface area contributed by atoms with Crippen LogP contribution in [0.15, 0.2) is 72.9 Å². The highest BCUT2D eigenvalue weighted by Gasteiger charge is 2.52. The minimum atomic E-state index is -5.45. The van der Waals surface area contributed by atoms with Crippen LogP contribution in [0.2, 0.25) is 0 Å². The second-order valence-electron chi connectivity index (χ2n) is 11.0. The van der Waals surface area contributed by atoms with Crippen molar-refractivity contribution < 1.29 is 41.7 Å². The molecule has 1 atom stereocenters. The van der Waals surface area contributed by atoms with Gasteiger partial charge in [-0.3, -0.25) is 4.79 Å². The fourth-order valence-corrected chi connectivity index (χ4v) is 4.74. The van der Waals surface area contributed by atoms with E-state index in [-0.39, 0.29) is 53.9 Å². The molecule has 3 aromatic carbocycles. The number of fused-ring (bicyclic) bond motifs is 1. The lowest BCUT2D eigenvalue weighted by Crippen LogP contribution is -2.54. The molecule has 47 heavy (non-hydrogen) atoms. The number of carbonyl (C=O) groups is 2. The number of nitrogen functional groups attached to an aromatic ring is 1. The van der Waals surface area contributed by atoms with Gasteiger partial charge in [-0.25, -0.2) is 9.78 Å². The molecule has 0 aliphatic carbocycles. The van der Waals surface area contributed by atoms with Crippen molar-refractivity contribution >= 4 is 34.2 Å². The Balaban J connectivity index is 1.90. The van der Waals surface area contributed by atoms with Crippen molar-refractivity contribution in [3.63, 3.8) is 0 Å². The number of hydrogen-bond donors (Lipinski definition) is 3. The van der Waals surface area contributed by atoms with Crippen molar-refractivity contribution in [2.24, 2.45) is 0 Å². The van der Waals surface area contributed by atoms with E-state index in [2.05, 4.69) is 15.6 Å². The Kier molecular flexibility index (Phi) is 10.7. The number of rotatable bonds is 13. The van der Waals surface area contributed by atoms with Crippen molar-refractivity contribution in [1.82, 2.24) is 10.3 Å². The number of benzene rings is 3. The molecule has 250 valence electrons. The first-order chi connectivity index (χ1) is 22.2. The molecule has 0 bridgehead atoms. The molecular weight excluding hydrogens is 617 g/mol. The van der Waals surface area contributed by atoms with Crippen LogP contribution in [0, 0.1) is 0 Å². The van der Waals surface area contributed by atoms with E-state index in [4.69, 9.17) is 24.7 Å². The molecule has 4 rings (SSSR count). The fraction of sp³-hybridized carbons (Fsp3) is 0.324. The first kappa shape index (κ1) is 34.7. The molecule has 13 heteroatoms. The molecule has 1 amide bonds. The number of alkyl halides is 3. The molecule has 0 aliphatic rings. The summed E-state index contributed by atoms with van der Waals surface area (Å²) in [6.07, 6.45) is -4.45. The van der Waals surface area contributed by atoms with Crippen LogP contribution in [-0.4, -0.2) is 41.9 Å². The van der Waals surface area contributed by atoms with Crippen molar-refractivity contribution in [3.8, 4) is 17.2 Å². The highest BCUT2D eigenvalue weighted by atomic mass is 19.4. The number of nitrogens with zero attached hydrogens (tertiary/aromatic N) is 1. The lowest BCUT2D eigenvalue weighted by atomic mass is 9.99. The number of amides is 1. The predicted octanol–water partition coefficient (Wildman–Crippen LogP) is 6.48. The highest BCUT2D eigenvalue weighted by Crippen LogP contribution is 2.38. The van der Waals surface area contributed by atoms with Gasteiger partial charge in [0, 0.05) is 34.9 Å². The minimum absolute atomic E-state index is 0.119. The molecule has 0 radical (unpaired) electrons. The van der Waals surface area contributed by atoms with Gasteiger partial charge in [-0.2, -0.15) is 13.2 Å². The number of esters is 1. The van der Waals surface area contributed by atoms with Gasteiger partial charge in [0.25, 0.3) is 11.6 Å². The number of carbonyl (C=O) groups excluding carboxylic acids is 2. The van der Waals surface area contributed by atoms with E-state index in [9.17, 15) is 22.8 Å². The van der Waals surface area contributed by atoms with Crippen molar-refractivity contribution in [1.29, 1.82) is 0 Å². The van der Waals surface area contributed by atoms with Gasteiger partial charge in [0.05, 0.1) is 18.8 Å². The zero-order valence-electron chi connectivity index (χ0n) is 26.6. The Hall–Kier alpha value is -5.20. The quantitative estimate of drug-likeness (QED) is 0.109. The molecule has 1 heterocycles.